The number of nitrogens with one attached hydrogen (secondary N) is 2. The number of rotatable bonds is 8. The van der Waals surface area contributed by atoms with Gasteiger partial charge in [-0.15, -0.1) is 10.2 Å². The van der Waals surface area contributed by atoms with Crippen LogP contribution in [-0.2, 0) is 16.8 Å². The molecule has 3 aromatic carbocycles. The second-order valence-corrected chi connectivity index (χ2v) is 11.4. The first kappa shape index (κ1) is 27.5. The number of para-hydroxylation sites is 1. The minimum absolute atomic E-state index is 0.00364. The van der Waals surface area contributed by atoms with Gasteiger partial charge in [-0.1, -0.05) is 72.7 Å². The summed E-state index contributed by atoms with van der Waals surface area (Å²) in [6.45, 7) is 6.49. The SMILES string of the molecule is CC(C)(C)c1ccc(C(=O)NCc2nnc(SCC(=O)Nc3ccccc3F)n2-c2ccc(Br)cc2)cc1. The van der Waals surface area contributed by atoms with E-state index in [4.69, 9.17) is 0 Å². The number of amides is 2. The molecule has 196 valence electrons. The minimum Gasteiger partial charge on any atom is -0.345 e. The van der Waals surface area contributed by atoms with Gasteiger partial charge < -0.3 is 10.6 Å². The van der Waals surface area contributed by atoms with Crippen molar-refractivity contribution in [2.24, 2.45) is 0 Å². The summed E-state index contributed by atoms with van der Waals surface area (Å²) in [5, 5.41) is 14.5. The highest BCUT2D eigenvalue weighted by Crippen LogP contribution is 2.25. The number of hydrogen-bond acceptors (Lipinski definition) is 5. The molecule has 4 rings (SSSR count). The van der Waals surface area contributed by atoms with Crippen LogP contribution in [-0.4, -0.2) is 32.3 Å². The zero-order chi connectivity index (χ0) is 27.3. The van der Waals surface area contributed by atoms with Gasteiger partial charge >= 0.3 is 0 Å². The van der Waals surface area contributed by atoms with Crippen molar-refractivity contribution in [2.45, 2.75) is 37.9 Å². The van der Waals surface area contributed by atoms with Crippen LogP contribution < -0.4 is 10.6 Å². The Morgan fingerprint density at radius 1 is 0.974 bits per heavy atom. The molecule has 0 fully saturated rings. The lowest BCUT2D eigenvalue weighted by Gasteiger charge is -2.19. The average Bonchev–Trinajstić information content (AvgIpc) is 3.30. The van der Waals surface area contributed by atoms with Crippen molar-refractivity contribution in [1.82, 2.24) is 20.1 Å². The maximum atomic E-state index is 13.9. The molecule has 0 saturated heterocycles. The normalized spacial score (nSPS) is 11.3. The fraction of sp³-hybridized carbons (Fsp3) is 0.214. The van der Waals surface area contributed by atoms with Crippen LogP contribution >= 0.6 is 27.7 Å². The number of carbonyl (C=O) groups excluding carboxylic acids is 2. The molecule has 0 spiro atoms. The van der Waals surface area contributed by atoms with Crippen LogP contribution in [0.1, 0.15) is 42.5 Å². The van der Waals surface area contributed by atoms with E-state index in [0.29, 0.717) is 16.5 Å². The Bertz CT molecular complexity index is 1430. The van der Waals surface area contributed by atoms with Crippen LogP contribution in [0.25, 0.3) is 5.69 Å². The van der Waals surface area contributed by atoms with Crippen molar-refractivity contribution < 1.29 is 14.0 Å². The molecule has 2 N–H and O–H groups in total. The smallest absolute Gasteiger partial charge is 0.251 e. The highest BCUT2D eigenvalue weighted by molar-refractivity contribution is 9.10. The molecular weight excluding hydrogens is 569 g/mol. The zero-order valence-corrected chi connectivity index (χ0v) is 23.6. The Morgan fingerprint density at radius 2 is 1.66 bits per heavy atom. The summed E-state index contributed by atoms with van der Waals surface area (Å²) in [6.07, 6.45) is 0. The van der Waals surface area contributed by atoms with E-state index in [1.54, 1.807) is 16.7 Å². The molecule has 0 unspecified atom stereocenters. The van der Waals surface area contributed by atoms with Crippen molar-refractivity contribution in [3.05, 3.63) is 100 Å². The number of carbonyl (C=O) groups is 2. The Kier molecular flexibility index (Phi) is 8.63. The maximum Gasteiger partial charge on any atom is 0.251 e. The van der Waals surface area contributed by atoms with E-state index in [1.807, 2.05) is 48.5 Å². The van der Waals surface area contributed by atoms with Gasteiger partial charge in [-0.25, -0.2) is 4.39 Å². The van der Waals surface area contributed by atoms with E-state index in [9.17, 15) is 14.0 Å². The Morgan fingerprint density at radius 3 is 2.32 bits per heavy atom. The second-order valence-electron chi connectivity index (χ2n) is 9.54. The fourth-order valence-electron chi connectivity index (χ4n) is 3.62. The monoisotopic (exact) mass is 595 g/mol. The van der Waals surface area contributed by atoms with Crippen LogP contribution in [0.15, 0.2) is 82.4 Å². The van der Waals surface area contributed by atoms with Gasteiger partial charge in [0.1, 0.15) is 5.82 Å². The van der Waals surface area contributed by atoms with E-state index in [0.717, 1.165) is 15.7 Å². The zero-order valence-electron chi connectivity index (χ0n) is 21.2. The third-order valence-electron chi connectivity index (χ3n) is 5.69. The van der Waals surface area contributed by atoms with E-state index in [1.165, 1.54) is 23.9 Å². The molecule has 0 saturated carbocycles. The average molecular weight is 597 g/mol. The summed E-state index contributed by atoms with van der Waals surface area (Å²) >= 11 is 4.60. The molecule has 2 amide bonds. The standard InChI is InChI=1S/C28H27BrFN5O2S/c1-28(2,3)19-10-8-18(9-11-19)26(37)31-16-24-33-34-27(35(24)21-14-12-20(29)13-15-21)38-17-25(36)32-23-7-5-4-6-22(23)30/h4-15H,16-17H2,1-3H3,(H,31,37)(H,32,36). The summed E-state index contributed by atoms with van der Waals surface area (Å²) in [5.74, 6) is -0.609. The van der Waals surface area contributed by atoms with Crippen molar-refractivity contribution >= 4 is 45.2 Å². The van der Waals surface area contributed by atoms with Crippen molar-refractivity contribution in [3.8, 4) is 5.69 Å². The molecular formula is C28H27BrFN5O2S. The van der Waals surface area contributed by atoms with Gasteiger partial charge in [0, 0.05) is 15.7 Å². The number of aromatic nitrogens is 3. The Labute approximate surface area is 233 Å². The van der Waals surface area contributed by atoms with Crippen LogP contribution in [0.3, 0.4) is 0 Å². The number of anilines is 1. The van der Waals surface area contributed by atoms with Crippen LogP contribution in [0.5, 0.6) is 0 Å². The van der Waals surface area contributed by atoms with E-state index in [-0.39, 0.29) is 35.2 Å². The molecule has 4 aromatic rings. The Balaban J connectivity index is 1.49. The summed E-state index contributed by atoms with van der Waals surface area (Å²) in [4.78, 5) is 25.3. The summed E-state index contributed by atoms with van der Waals surface area (Å²) in [5.41, 5.74) is 2.58. The van der Waals surface area contributed by atoms with Gasteiger partial charge in [0.2, 0.25) is 5.91 Å². The largest absolute Gasteiger partial charge is 0.345 e. The fourth-order valence-corrected chi connectivity index (χ4v) is 4.65. The first-order chi connectivity index (χ1) is 18.1. The summed E-state index contributed by atoms with van der Waals surface area (Å²) in [6, 6.07) is 21.1. The van der Waals surface area contributed by atoms with Gasteiger partial charge in [0.15, 0.2) is 11.0 Å². The summed E-state index contributed by atoms with van der Waals surface area (Å²) in [7, 11) is 0. The lowest BCUT2D eigenvalue weighted by atomic mass is 9.87. The predicted octanol–water partition coefficient (Wildman–Crippen LogP) is 6.13. The maximum absolute atomic E-state index is 13.9. The number of benzene rings is 3. The molecule has 0 atom stereocenters. The third kappa shape index (κ3) is 6.87. The molecule has 1 heterocycles. The Hall–Kier alpha value is -3.50. The number of hydrogen-bond donors (Lipinski definition) is 2. The molecule has 0 radical (unpaired) electrons. The highest BCUT2D eigenvalue weighted by Gasteiger charge is 2.18. The van der Waals surface area contributed by atoms with Crippen molar-refractivity contribution in [2.75, 3.05) is 11.1 Å². The van der Waals surface area contributed by atoms with Gasteiger partial charge in [-0.2, -0.15) is 0 Å². The molecule has 38 heavy (non-hydrogen) atoms. The van der Waals surface area contributed by atoms with Crippen LogP contribution in [0.4, 0.5) is 10.1 Å². The van der Waals surface area contributed by atoms with Crippen LogP contribution in [0, 0.1) is 5.82 Å². The quantitative estimate of drug-likeness (QED) is 0.239. The predicted molar refractivity (Wildman–Crippen MR) is 151 cm³/mol. The molecule has 0 aliphatic carbocycles. The number of halogens is 2. The molecule has 7 nitrogen and oxygen atoms in total. The number of thioether (sulfide) groups is 1. The van der Waals surface area contributed by atoms with Crippen molar-refractivity contribution in [1.29, 1.82) is 0 Å². The first-order valence-electron chi connectivity index (χ1n) is 11.9. The van der Waals surface area contributed by atoms with Gasteiger partial charge in [-0.05, 0) is 59.5 Å². The molecule has 0 aliphatic heterocycles. The van der Waals surface area contributed by atoms with Gasteiger partial charge in [0.25, 0.3) is 5.91 Å². The third-order valence-corrected chi connectivity index (χ3v) is 7.14. The molecule has 10 heteroatoms. The summed E-state index contributed by atoms with van der Waals surface area (Å²) < 4.78 is 16.6. The minimum atomic E-state index is -0.505. The molecule has 1 aromatic heterocycles. The van der Waals surface area contributed by atoms with Crippen LogP contribution in [0.2, 0.25) is 0 Å². The lowest BCUT2D eigenvalue weighted by Crippen LogP contribution is -2.25. The van der Waals surface area contributed by atoms with E-state index < -0.39 is 5.82 Å². The van der Waals surface area contributed by atoms with E-state index >= 15 is 0 Å². The number of nitrogens with zero attached hydrogens (tertiary/aromatic N) is 3. The van der Waals surface area contributed by atoms with Gasteiger partial charge in [0.05, 0.1) is 18.0 Å². The topological polar surface area (TPSA) is 88.9 Å². The highest BCUT2D eigenvalue weighted by atomic mass is 79.9. The lowest BCUT2D eigenvalue weighted by molar-refractivity contribution is -0.113. The molecule has 0 bridgehead atoms. The van der Waals surface area contributed by atoms with E-state index in [2.05, 4.69) is 57.5 Å². The first-order valence-corrected chi connectivity index (χ1v) is 13.7. The van der Waals surface area contributed by atoms with Crippen molar-refractivity contribution in [3.63, 3.8) is 0 Å². The second kappa shape index (κ2) is 11.9. The molecule has 0 aliphatic rings. The van der Waals surface area contributed by atoms with Gasteiger partial charge in [-0.3, -0.25) is 14.2 Å².